The third-order valence-electron chi connectivity index (χ3n) is 9.16. The van der Waals surface area contributed by atoms with E-state index >= 15 is 0 Å². The van der Waals surface area contributed by atoms with Crippen LogP contribution < -0.4 is 52.8 Å². The Balaban J connectivity index is 0.00000323. The van der Waals surface area contributed by atoms with Gasteiger partial charge in [-0.3, -0.25) is 0 Å². The number of unbranched alkanes of at least 4 members (excludes halogenated alkanes) is 4. The molecule has 0 bridgehead atoms. The molecule has 5 heteroatoms. The molecular formula is C39H51Cl3SiTi. The molecule has 1 atom stereocenters. The predicted molar refractivity (Wildman–Crippen MR) is 179 cm³/mol. The summed E-state index contributed by atoms with van der Waals surface area (Å²) in [4.78, 5) is 0. The van der Waals surface area contributed by atoms with Crippen LogP contribution in [-0.2, 0) is 39.7 Å². The average Bonchev–Trinajstić information content (AvgIpc) is 3.39. The minimum absolute atomic E-state index is 0. The van der Waals surface area contributed by atoms with Crippen LogP contribution in [-0.4, -0.2) is 8.07 Å². The van der Waals surface area contributed by atoms with Gasteiger partial charge in [0.2, 0.25) is 0 Å². The van der Waals surface area contributed by atoms with Crippen LogP contribution in [0.15, 0.2) is 96.6 Å². The smallest absolute Gasteiger partial charge is 1.00 e. The molecule has 0 nitrogen and oxygen atoms in total. The van der Waals surface area contributed by atoms with Crippen molar-refractivity contribution in [2.45, 2.75) is 108 Å². The van der Waals surface area contributed by atoms with Crippen molar-refractivity contribution >= 4 is 23.6 Å². The molecule has 0 N–H and O–H groups in total. The largest absolute Gasteiger partial charge is 1.00 e. The van der Waals surface area contributed by atoms with E-state index in [-0.39, 0.29) is 40.6 Å². The fourth-order valence-electron chi connectivity index (χ4n) is 6.65. The molecule has 44 heavy (non-hydrogen) atoms. The Labute approximate surface area is 300 Å². The molecule has 0 radical (unpaired) electrons. The van der Waals surface area contributed by atoms with E-state index in [0.29, 0.717) is 0 Å². The maximum Gasteiger partial charge on any atom is -1.00 e. The molecule has 1 aliphatic carbocycles. The molecule has 0 saturated heterocycles. The minimum atomic E-state index is -2.55. The van der Waals surface area contributed by atoms with Gasteiger partial charge in [0.1, 0.15) is 0 Å². The summed E-state index contributed by atoms with van der Waals surface area (Å²) in [5.41, 5.74) is 6.03. The Hall–Kier alpha value is -1.06. The van der Waals surface area contributed by atoms with Gasteiger partial charge in [-0.2, -0.15) is 0 Å². The van der Waals surface area contributed by atoms with Crippen LogP contribution in [0.3, 0.4) is 0 Å². The van der Waals surface area contributed by atoms with Gasteiger partial charge in [-0.05, 0) is 0 Å². The summed E-state index contributed by atoms with van der Waals surface area (Å²) in [5, 5.41) is 4.62. The van der Waals surface area contributed by atoms with E-state index in [2.05, 4.69) is 139 Å². The first kappa shape index (κ1) is 41.0. The Morgan fingerprint density at radius 1 is 0.500 bits per heavy atom. The molecule has 0 saturated carbocycles. The van der Waals surface area contributed by atoms with Gasteiger partial charge in [-0.25, -0.2) is 0 Å². The van der Waals surface area contributed by atoms with Crippen LogP contribution in [0.5, 0.6) is 0 Å². The van der Waals surface area contributed by atoms with Crippen LogP contribution in [0.2, 0.25) is 3.34 Å². The summed E-state index contributed by atoms with van der Waals surface area (Å²) in [6, 6.07) is 29.7. The monoisotopic (exact) mass is 700 g/mol. The fourth-order valence-corrected chi connectivity index (χ4v) is 14.6. The van der Waals surface area contributed by atoms with Gasteiger partial charge in [-0.1, -0.05) is 0 Å². The molecule has 0 aromatic heterocycles. The van der Waals surface area contributed by atoms with Crippen molar-refractivity contribution in [1.29, 1.82) is 0 Å². The van der Waals surface area contributed by atoms with E-state index in [9.17, 15) is 0 Å². The third-order valence-corrected chi connectivity index (χ3v) is 16.9. The van der Waals surface area contributed by atoms with E-state index in [4.69, 9.17) is 0 Å². The summed E-state index contributed by atoms with van der Waals surface area (Å²) in [5.74, 6) is 0. The fraction of sp³-hybridized carbons (Fsp3) is 0.436. The number of rotatable bonds is 16. The second-order valence-corrected chi connectivity index (χ2v) is 18.1. The van der Waals surface area contributed by atoms with Gasteiger partial charge in [0.05, 0.1) is 0 Å². The van der Waals surface area contributed by atoms with Crippen molar-refractivity contribution in [3.8, 4) is 0 Å². The molecule has 0 aliphatic heterocycles. The Morgan fingerprint density at radius 2 is 0.818 bits per heavy atom. The van der Waals surface area contributed by atoms with Crippen molar-refractivity contribution in [1.82, 2.24) is 0 Å². The second-order valence-electron chi connectivity index (χ2n) is 12.1. The molecule has 3 aromatic carbocycles. The molecule has 0 amide bonds. The molecule has 1 unspecified atom stereocenters. The number of hydrogen-bond donors (Lipinski definition) is 0. The number of benzene rings is 3. The van der Waals surface area contributed by atoms with E-state index in [1.807, 2.05) is 0 Å². The Kier molecular flexibility index (Phi) is 18.8. The second kappa shape index (κ2) is 20.2. The SMILES string of the molecule is CCCCC1=CC=C[C]1([Ti+3])[Si](c1ccc(CCCC)cc1)(c1ccc(CCCC)cc1)c1ccc(CCCC)cc1.[Cl-].[Cl-].[Cl-]. The van der Waals surface area contributed by atoms with E-state index in [0.717, 1.165) is 0 Å². The van der Waals surface area contributed by atoms with Gasteiger partial charge >= 0.3 is 265 Å². The number of allylic oxidation sites excluding steroid dienone is 4. The van der Waals surface area contributed by atoms with Crippen molar-refractivity contribution < 1.29 is 57.7 Å². The molecule has 1 aliphatic rings. The third kappa shape index (κ3) is 9.05. The minimum Gasteiger partial charge on any atom is -1.00 e. The summed E-state index contributed by atoms with van der Waals surface area (Å²) in [6.45, 7) is 9.19. The summed E-state index contributed by atoms with van der Waals surface area (Å²) in [7, 11) is -2.55. The molecule has 236 valence electrons. The van der Waals surface area contributed by atoms with Crippen LogP contribution in [0.1, 0.15) is 102 Å². The zero-order chi connectivity index (χ0) is 29.1. The van der Waals surface area contributed by atoms with Gasteiger partial charge in [-0.15, -0.1) is 0 Å². The van der Waals surface area contributed by atoms with E-state index < -0.39 is 8.07 Å². The predicted octanol–water partition coefficient (Wildman–Crippen LogP) is 0.128. The van der Waals surface area contributed by atoms with Crippen molar-refractivity contribution in [3.63, 3.8) is 0 Å². The Morgan fingerprint density at radius 3 is 1.14 bits per heavy atom. The number of aryl methyl sites for hydroxylation is 3. The van der Waals surface area contributed by atoms with Gasteiger partial charge in [0.25, 0.3) is 0 Å². The number of hydrogen-bond acceptors (Lipinski definition) is 0. The Bertz CT molecular complexity index is 1160. The van der Waals surface area contributed by atoms with Crippen molar-refractivity contribution in [2.24, 2.45) is 0 Å². The quantitative estimate of drug-likeness (QED) is 0.147. The summed E-state index contributed by atoms with van der Waals surface area (Å²) < 4.78 is -0.0248. The molecule has 0 fully saturated rings. The summed E-state index contributed by atoms with van der Waals surface area (Å²) in [6.07, 6.45) is 22.0. The van der Waals surface area contributed by atoms with Crippen LogP contribution in [0.4, 0.5) is 0 Å². The van der Waals surface area contributed by atoms with Crippen LogP contribution in [0, 0.1) is 0 Å². The first-order valence-electron chi connectivity index (χ1n) is 16.5. The molecule has 3 aromatic rings. The molecule has 0 spiro atoms. The van der Waals surface area contributed by atoms with Crippen molar-refractivity contribution in [2.75, 3.05) is 0 Å². The first-order valence-corrected chi connectivity index (χ1v) is 19.2. The van der Waals surface area contributed by atoms with Gasteiger partial charge in [0, 0.05) is 0 Å². The maximum atomic E-state index is 2.57. The van der Waals surface area contributed by atoms with Gasteiger partial charge < -0.3 is 37.2 Å². The van der Waals surface area contributed by atoms with Crippen molar-refractivity contribution in [3.05, 3.63) is 113 Å². The standard InChI is InChI=1S/C39H51Si.3ClH.Ti/c1-5-9-14-32-20-26-36(27-21-32)40(39-19-13-18-35(39)17-12-8-4,37-28-22-33(23-29-37)15-10-6-2)38-30-24-34(25-31-38)16-11-7-3;;;;/h13,18-31H,5-12,14-17H2,1-4H3;3*1H;/q;;;;+3/p-3. The van der Waals surface area contributed by atoms with E-state index in [1.165, 1.54) is 109 Å². The molecule has 4 rings (SSSR count). The van der Waals surface area contributed by atoms with Gasteiger partial charge in [0.15, 0.2) is 0 Å². The first-order chi connectivity index (χ1) is 20.0. The molecular weight excluding hydrogens is 651 g/mol. The van der Waals surface area contributed by atoms with Crippen LogP contribution in [0.25, 0.3) is 0 Å². The topological polar surface area (TPSA) is 0 Å². The zero-order valence-electron chi connectivity index (χ0n) is 27.3. The normalized spacial score (nSPS) is 15.6. The van der Waals surface area contributed by atoms with E-state index in [1.54, 1.807) is 5.57 Å². The summed E-state index contributed by atoms with van der Waals surface area (Å²) >= 11 is 2.57. The zero-order valence-corrected chi connectivity index (χ0v) is 32.1. The number of halogens is 3. The molecule has 0 heterocycles. The average molecular weight is 702 g/mol. The van der Waals surface area contributed by atoms with Crippen LogP contribution >= 0.6 is 0 Å². The maximum absolute atomic E-state index is 2.57.